The standard InChI is InChI=1S/C9H11F3O4/c1-3-7(13)16-5-6(9(10,11)12)8(14)15-4-2/h3,6H,1,4-5H2,2H3. The van der Waals surface area contributed by atoms with Crippen LogP contribution < -0.4 is 0 Å². The summed E-state index contributed by atoms with van der Waals surface area (Å²) in [5.41, 5.74) is 0. The van der Waals surface area contributed by atoms with E-state index in [0.29, 0.717) is 6.08 Å². The van der Waals surface area contributed by atoms with Crippen LogP contribution in [0.3, 0.4) is 0 Å². The highest BCUT2D eigenvalue weighted by Crippen LogP contribution is 2.27. The van der Waals surface area contributed by atoms with Crippen molar-refractivity contribution in [2.24, 2.45) is 5.92 Å². The van der Waals surface area contributed by atoms with Crippen molar-refractivity contribution in [2.45, 2.75) is 13.1 Å². The normalized spacial score (nSPS) is 12.8. The largest absolute Gasteiger partial charge is 0.465 e. The van der Waals surface area contributed by atoms with Crippen molar-refractivity contribution in [3.8, 4) is 0 Å². The van der Waals surface area contributed by atoms with Gasteiger partial charge >= 0.3 is 18.1 Å². The van der Waals surface area contributed by atoms with Gasteiger partial charge in [-0.2, -0.15) is 13.2 Å². The first-order valence-electron chi connectivity index (χ1n) is 4.35. The lowest BCUT2D eigenvalue weighted by Crippen LogP contribution is -2.36. The lowest BCUT2D eigenvalue weighted by Gasteiger charge is -2.17. The summed E-state index contributed by atoms with van der Waals surface area (Å²) in [6, 6.07) is 0. The Hall–Kier alpha value is -1.53. The van der Waals surface area contributed by atoms with Crippen LogP contribution in [0, 0.1) is 5.92 Å². The van der Waals surface area contributed by atoms with Gasteiger partial charge in [0.1, 0.15) is 6.61 Å². The highest BCUT2D eigenvalue weighted by Gasteiger charge is 2.46. The summed E-state index contributed by atoms with van der Waals surface area (Å²) < 4.78 is 45.4. The number of alkyl halides is 3. The van der Waals surface area contributed by atoms with Gasteiger partial charge < -0.3 is 9.47 Å². The Labute approximate surface area is 90.0 Å². The van der Waals surface area contributed by atoms with E-state index >= 15 is 0 Å². The van der Waals surface area contributed by atoms with Crippen molar-refractivity contribution in [1.29, 1.82) is 0 Å². The number of carbonyl (C=O) groups excluding carboxylic acids is 2. The molecule has 0 aliphatic heterocycles. The molecule has 0 aliphatic carbocycles. The summed E-state index contributed by atoms with van der Waals surface area (Å²) in [5.74, 6) is -4.96. The maximum atomic E-state index is 12.3. The number of hydrogen-bond acceptors (Lipinski definition) is 4. The van der Waals surface area contributed by atoms with E-state index in [9.17, 15) is 22.8 Å². The molecule has 92 valence electrons. The molecule has 0 N–H and O–H groups in total. The Morgan fingerprint density at radius 2 is 1.94 bits per heavy atom. The van der Waals surface area contributed by atoms with Crippen LogP contribution in [0.1, 0.15) is 6.92 Å². The van der Waals surface area contributed by atoms with E-state index in [4.69, 9.17) is 0 Å². The predicted octanol–water partition coefficient (Wildman–Crippen LogP) is 1.46. The van der Waals surface area contributed by atoms with Gasteiger partial charge in [-0.1, -0.05) is 6.58 Å². The summed E-state index contributed by atoms with van der Waals surface area (Å²) in [7, 11) is 0. The Morgan fingerprint density at radius 3 is 2.31 bits per heavy atom. The van der Waals surface area contributed by atoms with Gasteiger partial charge in [0.25, 0.3) is 0 Å². The van der Waals surface area contributed by atoms with Crippen LogP contribution in [-0.4, -0.2) is 31.3 Å². The van der Waals surface area contributed by atoms with Gasteiger partial charge in [0.2, 0.25) is 0 Å². The van der Waals surface area contributed by atoms with E-state index in [0.717, 1.165) is 0 Å². The van der Waals surface area contributed by atoms with Gasteiger partial charge in [0.15, 0.2) is 5.92 Å². The van der Waals surface area contributed by atoms with E-state index in [2.05, 4.69) is 16.1 Å². The molecular formula is C9H11F3O4. The van der Waals surface area contributed by atoms with Crippen LogP contribution in [0.5, 0.6) is 0 Å². The molecule has 0 radical (unpaired) electrons. The van der Waals surface area contributed by atoms with Gasteiger partial charge in [0, 0.05) is 6.08 Å². The topological polar surface area (TPSA) is 52.6 Å². The number of carbonyl (C=O) groups is 2. The lowest BCUT2D eigenvalue weighted by atomic mass is 10.1. The Balaban J connectivity index is 4.50. The molecule has 0 aliphatic rings. The third-order valence-corrected chi connectivity index (χ3v) is 1.53. The zero-order chi connectivity index (χ0) is 12.8. The first kappa shape index (κ1) is 14.5. The molecule has 0 saturated heterocycles. The zero-order valence-electron chi connectivity index (χ0n) is 8.54. The molecule has 0 heterocycles. The lowest BCUT2D eigenvalue weighted by molar-refractivity contribution is -0.205. The number of hydrogen-bond donors (Lipinski definition) is 0. The van der Waals surface area contributed by atoms with Crippen molar-refractivity contribution < 1.29 is 32.2 Å². The van der Waals surface area contributed by atoms with Crippen molar-refractivity contribution in [3.63, 3.8) is 0 Å². The third kappa shape index (κ3) is 4.81. The maximum absolute atomic E-state index is 12.3. The van der Waals surface area contributed by atoms with Gasteiger partial charge in [-0.3, -0.25) is 4.79 Å². The quantitative estimate of drug-likeness (QED) is 0.539. The molecule has 4 nitrogen and oxygen atoms in total. The Bertz CT molecular complexity index is 272. The molecule has 1 unspecified atom stereocenters. The smallest absolute Gasteiger partial charge is 0.405 e. The molecule has 0 aromatic carbocycles. The Morgan fingerprint density at radius 1 is 1.38 bits per heavy atom. The molecule has 0 aromatic heterocycles. The number of rotatable bonds is 5. The molecule has 7 heteroatoms. The second-order valence-electron chi connectivity index (χ2n) is 2.68. The third-order valence-electron chi connectivity index (χ3n) is 1.53. The highest BCUT2D eigenvalue weighted by atomic mass is 19.4. The van der Waals surface area contributed by atoms with Crippen molar-refractivity contribution in [3.05, 3.63) is 12.7 Å². The molecular weight excluding hydrogens is 229 g/mol. The zero-order valence-corrected chi connectivity index (χ0v) is 8.54. The summed E-state index contributed by atoms with van der Waals surface area (Å²) in [6.45, 7) is 3.10. The van der Waals surface area contributed by atoms with Crippen molar-refractivity contribution >= 4 is 11.9 Å². The molecule has 0 fully saturated rings. The van der Waals surface area contributed by atoms with Gasteiger partial charge in [-0.25, -0.2) is 4.79 Å². The minimum atomic E-state index is -4.81. The van der Waals surface area contributed by atoms with Crippen LogP contribution in [0.15, 0.2) is 12.7 Å². The molecule has 0 rings (SSSR count). The first-order chi connectivity index (χ1) is 7.32. The second kappa shape index (κ2) is 6.14. The van der Waals surface area contributed by atoms with E-state index in [1.807, 2.05) is 0 Å². The minimum absolute atomic E-state index is 0.180. The average Bonchev–Trinajstić information content (AvgIpc) is 2.16. The molecule has 0 aromatic rings. The fourth-order valence-corrected chi connectivity index (χ4v) is 0.763. The van der Waals surface area contributed by atoms with Crippen molar-refractivity contribution in [1.82, 2.24) is 0 Å². The fourth-order valence-electron chi connectivity index (χ4n) is 0.763. The molecule has 0 saturated carbocycles. The van der Waals surface area contributed by atoms with Crippen LogP contribution in [0.25, 0.3) is 0 Å². The fraction of sp³-hybridized carbons (Fsp3) is 0.556. The van der Waals surface area contributed by atoms with Gasteiger partial charge in [0.05, 0.1) is 6.61 Å². The summed E-state index contributed by atoms with van der Waals surface area (Å²) in [4.78, 5) is 21.5. The van der Waals surface area contributed by atoms with E-state index < -0.39 is 30.6 Å². The number of esters is 2. The maximum Gasteiger partial charge on any atom is 0.405 e. The van der Waals surface area contributed by atoms with E-state index in [-0.39, 0.29) is 6.61 Å². The summed E-state index contributed by atoms with van der Waals surface area (Å²) in [6.07, 6.45) is -4.10. The van der Waals surface area contributed by atoms with Gasteiger partial charge in [-0.05, 0) is 6.92 Å². The summed E-state index contributed by atoms with van der Waals surface area (Å²) >= 11 is 0. The molecule has 0 amide bonds. The molecule has 0 bridgehead atoms. The van der Waals surface area contributed by atoms with Crippen LogP contribution in [0.2, 0.25) is 0 Å². The molecule has 16 heavy (non-hydrogen) atoms. The van der Waals surface area contributed by atoms with Crippen LogP contribution in [-0.2, 0) is 19.1 Å². The van der Waals surface area contributed by atoms with E-state index in [1.165, 1.54) is 6.92 Å². The minimum Gasteiger partial charge on any atom is -0.465 e. The monoisotopic (exact) mass is 240 g/mol. The van der Waals surface area contributed by atoms with Crippen LogP contribution >= 0.6 is 0 Å². The van der Waals surface area contributed by atoms with Gasteiger partial charge in [-0.15, -0.1) is 0 Å². The SMILES string of the molecule is C=CC(=O)OCC(C(=O)OCC)C(F)(F)F. The Kier molecular flexibility index (Phi) is 5.55. The molecule has 0 spiro atoms. The average molecular weight is 240 g/mol. The summed E-state index contributed by atoms with van der Waals surface area (Å²) in [5, 5.41) is 0. The first-order valence-corrected chi connectivity index (χ1v) is 4.35. The van der Waals surface area contributed by atoms with Crippen LogP contribution in [0.4, 0.5) is 13.2 Å². The second-order valence-corrected chi connectivity index (χ2v) is 2.68. The highest BCUT2D eigenvalue weighted by molar-refractivity contribution is 5.81. The predicted molar refractivity (Wildman–Crippen MR) is 47.3 cm³/mol. The van der Waals surface area contributed by atoms with Crippen molar-refractivity contribution in [2.75, 3.05) is 13.2 Å². The number of ether oxygens (including phenoxy) is 2. The number of halogens is 3. The van der Waals surface area contributed by atoms with E-state index in [1.54, 1.807) is 0 Å². The molecule has 1 atom stereocenters.